The van der Waals surface area contributed by atoms with Gasteiger partial charge in [0.25, 0.3) is 5.91 Å². The Bertz CT molecular complexity index is 879. The average molecular weight is 404 g/mol. The second-order valence-corrected chi connectivity index (χ2v) is 8.76. The minimum absolute atomic E-state index is 0.0196. The van der Waals surface area contributed by atoms with Crippen LogP contribution in [0, 0.1) is 6.92 Å². The van der Waals surface area contributed by atoms with E-state index in [0.29, 0.717) is 23.7 Å². The van der Waals surface area contributed by atoms with E-state index in [9.17, 15) is 13.2 Å². The summed E-state index contributed by atoms with van der Waals surface area (Å²) in [6.45, 7) is 2.29. The Labute approximate surface area is 157 Å². The van der Waals surface area contributed by atoms with E-state index in [1.807, 2.05) is 18.2 Å². The molecule has 1 aromatic heterocycles. The van der Waals surface area contributed by atoms with Crippen molar-refractivity contribution in [3.05, 3.63) is 51.3 Å². The van der Waals surface area contributed by atoms with Crippen LogP contribution in [0.1, 0.15) is 28.0 Å². The molecule has 2 aromatic rings. The van der Waals surface area contributed by atoms with Crippen molar-refractivity contribution in [1.29, 1.82) is 0 Å². The fourth-order valence-corrected chi connectivity index (χ4v) is 3.51. The number of rotatable bonds is 7. The molecule has 25 heavy (non-hydrogen) atoms. The summed E-state index contributed by atoms with van der Waals surface area (Å²) < 4.78 is 23.7. The Morgan fingerprint density at radius 3 is 2.60 bits per heavy atom. The summed E-state index contributed by atoms with van der Waals surface area (Å²) in [6, 6.07) is 7.33. The van der Waals surface area contributed by atoms with E-state index in [1.54, 1.807) is 13.0 Å². The number of amides is 1. The van der Waals surface area contributed by atoms with Crippen LogP contribution in [-0.2, 0) is 16.4 Å². The third-order valence-corrected chi connectivity index (χ3v) is 5.33. The first-order chi connectivity index (χ1) is 11.7. The largest absolute Gasteiger partial charge is 0.352 e. The highest BCUT2D eigenvalue weighted by Gasteiger charge is 2.20. The minimum atomic E-state index is -3.04. The van der Waals surface area contributed by atoms with Crippen LogP contribution in [0.3, 0.4) is 0 Å². The predicted molar refractivity (Wildman–Crippen MR) is 99.2 cm³/mol. The first-order valence-corrected chi connectivity index (χ1v) is 10.4. The molecular weight excluding hydrogens is 385 g/mol. The SMILES string of the molecule is Cc1nn(Cc2ccccc2Cl)c(Cl)c1C(=O)NCCCS(C)(=O)=O. The fraction of sp³-hybridized carbons (Fsp3) is 0.375. The normalized spacial score (nSPS) is 11.5. The molecule has 1 amide bonds. The molecule has 0 aliphatic rings. The molecule has 0 saturated heterocycles. The van der Waals surface area contributed by atoms with Gasteiger partial charge in [-0.05, 0) is 25.0 Å². The number of hydrogen-bond donors (Lipinski definition) is 1. The molecule has 0 aliphatic carbocycles. The number of halogens is 2. The average Bonchev–Trinajstić information content (AvgIpc) is 2.79. The summed E-state index contributed by atoms with van der Waals surface area (Å²) in [5, 5.41) is 7.80. The number of carbonyl (C=O) groups is 1. The lowest BCUT2D eigenvalue weighted by Crippen LogP contribution is -2.26. The van der Waals surface area contributed by atoms with Crippen LogP contribution in [0.5, 0.6) is 0 Å². The van der Waals surface area contributed by atoms with Gasteiger partial charge < -0.3 is 5.32 Å². The first-order valence-electron chi connectivity index (χ1n) is 7.61. The number of nitrogens with zero attached hydrogens (tertiary/aromatic N) is 2. The van der Waals surface area contributed by atoms with E-state index in [1.165, 1.54) is 4.68 Å². The molecule has 2 rings (SSSR count). The number of nitrogens with one attached hydrogen (secondary N) is 1. The number of aromatic nitrogens is 2. The number of sulfone groups is 1. The van der Waals surface area contributed by atoms with E-state index >= 15 is 0 Å². The van der Waals surface area contributed by atoms with E-state index in [-0.39, 0.29) is 28.9 Å². The minimum Gasteiger partial charge on any atom is -0.352 e. The quantitative estimate of drug-likeness (QED) is 0.720. The van der Waals surface area contributed by atoms with Crippen molar-refractivity contribution < 1.29 is 13.2 Å². The maximum Gasteiger partial charge on any atom is 0.256 e. The van der Waals surface area contributed by atoms with Crippen LogP contribution < -0.4 is 5.32 Å². The van der Waals surface area contributed by atoms with Gasteiger partial charge in [0.2, 0.25) is 0 Å². The van der Waals surface area contributed by atoms with Crippen molar-refractivity contribution in [2.75, 3.05) is 18.6 Å². The molecule has 136 valence electrons. The monoisotopic (exact) mass is 403 g/mol. The predicted octanol–water partition coefficient (Wildman–Crippen LogP) is 2.71. The van der Waals surface area contributed by atoms with Gasteiger partial charge in [0, 0.05) is 17.8 Å². The molecule has 1 aromatic carbocycles. The number of carbonyl (C=O) groups excluding carboxylic acids is 1. The molecule has 0 spiro atoms. The molecular formula is C16H19Cl2N3O3S. The van der Waals surface area contributed by atoms with Crippen LogP contribution in [-0.4, -0.2) is 42.7 Å². The lowest BCUT2D eigenvalue weighted by atomic mass is 10.2. The maximum atomic E-state index is 12.3. The summed E-state index contributed by atoms with van der Waals surface area (Å²) >= 11 is 12.5. The molecule has 0 fully saturated rings. The Morgan fingerprint density at radius 1 is 1.28 bits per heavy atom. The zero-order valence-corrected chi connectivity index (χ0v) is 16.2. The molecule has 0 saturated carbocycles. The maximum absolute atomic E-state index is 12.3. The summed E-state index contributed by atoms with van der Waals surface area (Å²) in [6.07, 6.45) is 1.50. The Kier molecular flexibility index (Phi) is 6.48. The molecule has 0 atom stereocenters. The smallest absolute Gasteiger partial charge is 0.256 e. The number of aryl methyl sites for hydroxylation is 1. The molecule has 9 heteroatoms. The second kappa shape index (κ2) is 8.21. The molecule has 0 unspecified atom stereocenters. The van der Waals surface area contributed by atoms with Gasteiger partial charge in [-0.25, -0.2) is 13.1 Å². The van der Waals surface area contributed by atoms with Gasteiger partial charge >= 0.3 is 0 Å². The lowest BCUT2D eigenvalue weighted by Gasteiger charge is -2.07. The number of benzene rings is 1. The van der Waals surface area contributed by atoms with Gasteiger partial charge in [-0.2, -0.15) is 5.10 Å². The fourth-order valence-electron chi connectivity index (χ4n) is 2.33. The summed E-state index contributed by atoms with van der Waals surface area (Å²) in [4.78, 5) is 12.3. The van der Waals surface area contributed by atoms with E-state index < -0.39 is 9.84 Å². The molecule has 1 heterocycles. The Hall–Kier alpha value is -1.57. The van der Waals surface area contributed by atoms with Gasteiger partial charge in [-0.3, -0.25) is 4.79 Å². The van der Waals surface area contributed by atoms with E-state index in [0.717, 1.165) is 11.8 Å². The second-order valence-electron chi connectivity index (χ2n) is 5.74. The summed E-state index contributed by atoms with van der Waals surface area (Å²) in [5.74, 6) is -0.354. The highest BCUT2D eigenvalue weighted by atomic mass is 35.5. The van der Waals surface area contributed by atoms with Crippen molar-refractivity contribution >= 4 is 38.9 Å². The Balaban J connectivity index is 2.08. The van der Waals surface area contributed by atoms with Crippen molar-refractivity contribution in [2.24, 2.45) is 0 Å². The summed E-state index contributed by atoms with van der Waals surface area (Å²) in [7, 11) is -3.04. The standard InChI is InChI=1S/C16H19Cl2N3O3S/c1-11-14(16(22)19-8-5-9-25(2,23)24)15(18)21(20-11)10-12-6-3-4-7-13(12)17/h3-4,6-7H,5,8-10H2,1-2H3,(H,19,22). The van der Waals surface area contributed by atoms with Gasteiger partial charge in [0.15, 0.2) is 0 Å². The zero-order chi connectivity index (χ0) is 18.6. The molecule has 0 radical (unpaired) electrons. The van der Waals surface area contributed by atoms with Crippen molar-refractivity contribution in [3.8, 4) is 0 Å². The van der Waals surface area contributed by atoms with Crippen LogP contribution in [0.15, 0.2) is 24.3 Å². The Morgan fingerprint density at radius 2 is 1.96 bits per heavy atom. The van der Waals surface area contributed by atoms with Gasteiger partial charge in [-0.1, -0.05) is 41.4 Å². The third kappa shape index (κ3) is 5.45. The van der Waals surface area contributed by atoms with Crippen molar-refractivity contribution in [2.45, 2.75) is 19.9 Å². The van der Waals surface area contributed by atoms with Crippen molar-refractivity contribution in [3.63, 3.8) is 0 Å². The first kappa shape index (κ1) is 19.8. The van der Waals surface area contributed by atoms with Crippen LogP contribution in [0.2, 0.25) is 10.2 Å². The topological polar surface area (TPSA) is 81.1 Å². The summed E-state index contributed by atoms with van der Waals surface area (Å²) in [5.41, 5.74) is 1.62. The molecule has 1 N–H and O–H groups in total. The highest BCUT2D eigenvalue weighted by Crippen LogP contribution is 2.23. The van der Waals surface area contributed by atoms with E-state index in [4.69, 9.17) is 23.2 Å². The van der Waals surface area contributed by atoms with E-state index in [2.05, 4.69) is 10.4 Å². The van der Waals surface area contributed by atoms with Gasteiger partial charge in [0.1, 0.15) is 15.0 Å². The molecule has 0 aliphatic heterocycles. The molecule has 0 bridgehead atoms. The van der Waals surface area contributed by atoms with Gasteiger partial charge in [0.05, 0.1) is 23.6 Å². The molecule has 6 nitrogen and oxygen atoms in total. The van der Waals surface area contributed by atoms with Crippen LogP contribution >= 0.6 is 23.2 Å². The van der Waals surface area contributed by atoms with Crippen LogP contribution in [0.25, 0.3) is 0 Å². The number of hydrogen-bond acceptors (Lipinski definition) is 4. The zero-order valence-electron chi connectivity index (χ0n) is 13.9. The van der Waals surface area contributed by atoms with Crippen molar-refractivity contribution in [1.82, 2.24) is 15.1 Å². The lowest BCUT2D eigenvalue weighted by molar-refractivity contribution is 0.0953. The third-order valence-electron chi connectivity index (χ3n) is 3.55. The highest BCUT2D eigenvalue weighted by molar-refractivity contribution is 7.90. The van der Waals surface area contributed by atoms with Crippen LogP contribution in [0.4, 0.5) is 0 Å². The van der Waals surface area contributed by atoms with Gasteiger partial charge in [-0.15, -0.1) is 0 Å².